The molecular weight excluding hydrogens is 270 g/mol. The van der Waals surface area contributed by atoms with Gasteiger partial charge < -0.3 is 11.2 Å². The second-order valence-electron chi connectivity index (χ2n) is 4.22. The number of nitrogen functional groups attached to an aromatic ring is 2. The van der Waals surface area contributed by atoms with Crippen LogP contribution in [0.5, 0.6) is 0 Å². The monoisotopic (exact) mass is 283 g/mol. The van der Waals surface area contributed by atoms with Gasteiger partial charge in [0.1, 0.15) is 6.07 Å². The number of nitrogens with one attached hydrogen (secondary N) is 1. The lowest BCUT2D eigenvalue weighted by Crippen LogP contribution is -2.27. The van der Waals surface area contributed by atoms with E-state index in [4.69, 9.17) is 16.8 Å². The summed E-state index contributed by atoms with van der Waals surface area (Å²) in [6.07, 6.45) is 1.45. The molecule has 0 aliphatic carbocycles. The van der Waals surface area contributed by atoms with Gasteiger partial charge in [-0.05, 0) is 12.5 Å². The van der Waals surface area contributed by atoms with Crippen LogP contribution in [0.2, 0.25) is 0 Å². The molecular formula is C13H13N7O. The molecule has 106 valence electrons. The number of aromatic nitrogens is 2. The van der Waals surface area contributed by atoms with Crippen LogP contribution in [0, 0.1) is 18.3 Å². The molecule has 0 bridgehead atoms. The van der Waals surface area contributed by atoms with E-state index in [-0.39, 0.29) is 17.3 Å². The fourth-order valence-corrected chi connectivity index (χ4v) is 1.62. The molecule has 2 rings (SSSR count). The zero-order chi connectivity index (χ0) is 15.4. The number of hydrazine groups is 1. The molecule has 0 saturated heterocycles. The van der Waals surface area contributed by atoms with Gasteiger partial charge in [-0.15, -0.1) is 0 Å². The highest BCUT2D eigenvalue weighted by Crippen LogP contribution is 2.08. The molecule has 0 spiro atoms. The molecule has 5 N–H and O–H groups in total. The molecule has 0 fully saturated rings. The third-order valence-corrected chi connectivity index (χ3v) is 2.73. The summed E-state index contributed by atoms with van der Waals surface area (Å²) in [5.41, 5.74) is 8.74. The van der Waals surface area contributed by atoms with Gasteiger partial charge in [-0.1, -0.05) is 29.8 Å². The molecule has 0 atom stereocenters. The van der Waals surface area contributed by atoms with E-state index in [0.29, 0.717) is 0 Å². The van der Waals surface area contributed by atoms with E-state index in [1.807, 2.05) is 31.2 Å². The van der Waals surface area contributed by atoms with Crippen LogP contribution in [0.3, 0.4) is 0 Å². The van der Waals surface area contributed by atoms with Crippen LogP contribution in [0.4, 0.5) is 11.8 Å². The van der Waals surface area contributed by atoms with Crippen LogP contribution in [-0.4, -0.2) is 15.9 Å². The van der Waals surface area contributed by atoms with Gasteiger partial charge >= 0.3 is 0 Å². The number of hydrogen-bond acceptors (Lipinski definition) is 7. The Balaban J connectivity index is 2.48. The average Bonchev–Trinajstić information content (AvgIpc) is 2.48. The molecule has 8 nitrogen and oxygen atoms in total. The summed E-state index contributed by atoms with van der Waals surface area (Å²) in [5, 5.41) is 12.9. The summed E-state index contributed by atoms with van der Waals surface area (Å²) in [6, 6.07) is 9.22. The predicted molar refractivity (Wildman–Crippen MR) is 79.6 cm³/mol. The van der Waals surface area contributed by atoms with Gasteiger partial charge in [0.15, 0.2) is 11.4 Å². The molecule has 1 aromatic carbocycles. The van der Waals surface area contributed by atoms with E-state index in [1.165, 1.54) is 6.21 Å². The van der Waals surface area contributed by atoms with Crippen molar-refractivity contribution >= 4 is 18.0 Å². The number of nitrogens with zero attached hydrogens (tertiary/aromatic N) is 4. The molecule has 2 aromatic rings. The minimum absolute atomic E-state index is 0.0817. The standard InChI is InChI=1S/C13H13N7O/c1-8-2-4-9(5-3-8)7-17-20-12(21)10(6-14)11(19-16)18-13(20)15/h2-5,7,19H,16H2,1H3,(H2,15,18)/b17-7+. The van der Waals surface area contributed by atoms with Gasteiger partial charge in [0.2, 0.25) is 5.95 Å². The topological polar surface area (TPSA) is 135 Å². The van der Waals surface area contributed by atoms with Crippen LogP contribution in [0.15, 0.2) is 34.2 Å². The van der Waals surface area contributed by atoms with Crippen molar-refractivity contribution in [2.45, 2.75) is 6.92 Å². The van der Waals surface area contributed by atoms with Gasteiger partial charge in [0.25, 0.3) is 5.56 Å². The van der Waals surface area contributed by atoms with E-state index in [9.17, 15) is 4.79 Å². The quantitative estimate of drug-likeness (QED) is 0.417. The number of rotatable bonds is 3. The Kier molecular flexibility index (Phi) is 3.97. The smallest absolute Gasteiger partial charge is 0.295 e. The molecule has 0 saturated carbocycles. The highest BCUT2D eigenvalue weighted by atomic mass is 16.1. The van der Waals surface area contributed by atoms with Gasteiger partial charge in [0, 0.05) is 0 Å². The first-order valence-corrected chi connectivity index (χ1v) is 5.97. The SMILES string of the molecule is Cc1ccc(/C=N/n2c(N)nc(NN)c(C#N)c2=O)cc1. The van der Waals surface area contributed by atoms with Crippen molar-refractivity contribution in [2.24, 2.45) is 10.9 Å². The number of nitriles is 1. The maximum Gasteiger partial charge on any atom is 0.295 e. The first-order valence-electron chi connectivity index (χ1n) is 5.97. The van der Waals surface area contributed by atoms with Crippen molar-refractivity contribution in [2.75, 3.05) is 11.2 Å². The zero-order valence-corrected chi connectivity index (χ0v) is 11.2. The Hall–Kier alpha value is -3.18. The molecule has 21 heavy (non-hydrogen) atoms. The second kappa shape index (κ2) is 5.85. The number of nitrogens with two attached hydrogens (primary N) is 2. The lowest BCUT2D eigenvalue weighted by atomic mass is 10.2. The van der Waals surface area contributed by atoms with Gasteiger partial charge in [0.05, 0.1) is 6.21 Å². The van der Waals surface area contributed by atoms with E-state index < -0.39 is 5.56 Å². The second-order valence-corrected chi connectivity index (χ2v) is 4.22. The highest BCUT2D eigenvalue weighted by Gasteiger charge is 2.13. The van der Waals surface area contributed by atoms with Crippen molar-refractivity contribution in [1.29, 1.82) is 5.26 Å². The number of anilines is 2. The number of aryl methyl sites for hydroxylation is 1. The Morgan fingerprint density at radius 1 is 1.43 bits per heavy atom. The summed E-state index contributed by atoms with van der Waals surface area (Å²) < 4.78 is 0.846. The fraction of sp³-hybridized carbons (Fsp3) is 0.0769. The summed E-state index contributed by atoms with van der Waals surface area (Å²) in [4.78, 5) is 15.9. The van der Waals surface area contributed by atoms with E-state index in [2.05, 4.69) is 15.5 Å². The maximum absolute atomic E-state index is 12.1. The molecule has 0 aliphatic heterocycles. The highest BCUT2D eigenvalue weighted by molar-refractivity contribution is 5.79. The van der Waals surface area contributed by atoms with Crippen molar-refractivity contribution in [3.8, 4) is 6.07 Å². The normalized spacial score (nSPS) is 10.5. The minimum atomic E-state index is -0.693. The Bertz CT molecular complexity index is 784. The maximum atomic E-state index is 12.1. The van der Waals surface area contributed by atoms with E-state index in [1.54, 1.807) is 6.07 Å². The molecule has 0 radical (unpaired) electrons. The fourth-order valence-electron chi connectivity index (χ4n) is 1.62. The number of benzene rings is 1. The molecule has 1 aromatic heterocycles. The minimum Gasteiger partial charge on any atom is -0.368 e. The third-order valence-electron chi connectivity index (χ3n) is 2.73. The van der Waals surface area contributed by atoms with Crippen molar-refractivity contribution in [3.05, 3.63) is 51.3 Å². The summed E-state index contributed by atoms with van der Waals surface area (Å²) >= 11 is 0. The van der Waals surface area contributed by atoms with Crippen LogP contribution in [-0.2, 0) is 0 Å². The van der Waals surface area contributed by atoms with Crippen LogP contribution < -0.4 is 22.6 Å². The first kappa shape index (κ1) is 14.2. The largest absolute Gasteiger partial charge is 0.368 e. The first-order chi connectivity index (χ1) is 10.1. The lowest BCUT2D eigenvalue weighted by molar-refractivity contribution is 0.814. The Morgan fingerprint density at radius 3 is 2.67 bits per heavy atom. The van der Waals surface area contributed by atoms with Crippen molar-refractivity contribution < 1.29 is 0 Å². The average molecular weight is 283 g/mol. The molecule has 0 amide bonds. The third kappa shape index (κ3) is 2.88. The molecule has 8 heteroatoms. The van der Waals surface area contributed by atoms with Crippen LogP contribution in [0.25, 0.3) is 0 Å². The van der Waals surface area contributed by atoms with E-state index >= 15 is 0 Å². The van der Waals surface area contributed by atoms with Gasteiger partial charge in [-0.25, -0.2) is 5.84 Å². The number of hydrogen-bond donors (Lipinski definition) is 3. The predicted octanol–water partition coefficient (Wildman–Crippen LogP) is 0.173. The Morgan fingerprint density at radius 2 is 2.10 bits per heavy atom. The summed E-state index contributed by atoms with van der Waals surface area (Å²) in [7, 11) is 0. The van der Waals surface area contributed by atoms with E-state index in [0.717, 1.165) is 15.8 Å². The molecule has 1 heterocycles. The van der Waals surface area contributed by atoms with Crippen LogP contribution >= 0.6 is 0 Å². The zero-order valence-electron chi connectivity index (χ0n) is 11.2. The van der Waals surface area contributed by atoms with Gasteiger partial charge in [-0.2, -0.15) is 20.0 Å². The Labute approximate surface area is 120 Å². The molecule has 0 unspecified atom stereocenters. The van der Waals surface area contributed by atoms with Gasteiger partial charge in [-0.3, -0.25) is 4.79 Å². The summed E-state index contributed by atoms with van der Waals surface area (Å²) in [6.45, 7) is 1.96. The lowest BCUT2D eigenvalue weighted by Gasteiger charge is -2.06. The van der Waals surface area contributed by atoms with Crippen LogP contribution in [0.1, 0.15) is 16.7 Å². The van der Waals surface area contributed by atoms with Crippen molar-refractivity contribution in [1.82, 2.24) is 9.66 Å². The summed E-state index contributed by atoms with van der Waals surface area (Å²) in [5.74, 6) is 4.93. The molecule has 0 aliphatic rings. The van der Waals surface area contributed by atoms with Crippen molar-refractivity contribution in [3.63, 3.8) is 0 Å².